The van der Waals surface area contributed by atoms with Gasteiger partial charge in [0.1, 0.15) is 10.9 Å². The Balaban J connectivity index is 2.82. The van der Waals surface area contributed by atoms with Crippen LogP contribution in [0.15, 0.2) is 5.03 Å². The maximum atomic E-state index is 12.1. The lowest BCUT2D eigenvalue weighted by atomic mass is 10.2. The van der Waals surface area contributed by atoms with Gasteiger partial charge in [0.15, 0.2) is 0 Å². The number of hydrogen-bond acceptors (Lipinski definition) is 5. The summed E-state index contributed by atoms with van der Waals surface area (Å²) in [6.07, 6.45) is 2.95. The Kier molecular flexibility index (Phi) is 6.24. The lowest BCUT2D eigenvalue weighted by molar-refractivity contribution is 0.0905. The molecule has 0 spiro atoms. The van der Waals surface area contributed by atoms with Gasteiger partial charge in [0.05, 0.1) is 17.4 Å². The number of carbonyl (C=O) groups excluding carboxylic acids is 1. The molecule has 0 bridgehead atoms. The van der Waals surface area contributed by atoms with Crippen molar-refractivity contribution in [1.29, 1.82) is 0 Å². The minimum absolute atomic E-state index is 0.225. The highest BCUT2D eigenvalue weighted by molar-refractivity contribution is 7.98. The van der Waals surface area contributed by atoms with E-state index in [1.54, 1.807) is 13.8 Å². The number of nitrogens with zero attached hydrogens (tertiary/aromatic N) is 2. The van der Waals surface area contributed by atoms with E-state index in [1.807, 2.05) is 13.2 Å². The summed E-state index contributed by atoms with van der Waals surface area (Å²) in [5, 5.41) is 13.0. The molecule has 1 amide bonds. The maximum absolute atomic E-state index is 12.1. The summed E-state index contributed by atoms with van der Waals surface area (Å²) in [7, 11) is 0. The SMILES string of the molecule is CCCC(O)CNC(=O)c1c(C)nc(C)nc1SC. The van der Waals surface area contributed by atoms with Gasteiger partial charge in [-0.15, -0.1) is 11.8 Å². The van der Waals surface area contributed by atoms with Gasteiger partial charge >= 0.3 is 0 Å². The monoisotopic (exact) mass is 283 g/mol. The van der Waals surface area contributed by atoms with Crippen molar-refractivity contribution >= 4 is 17.7 Å². The molecule has 106 valence electrons. The summed E-state index contributed by atoms with van der Waals surface area (Å²) in [5.74, 6) is 0.432. The van der Waals surface area contributed by atoms with E-state index in [2.05, 4.69) is 15.3 Å². The van der Waals surface area contributed by atoms with Crippen LogP contribution in [-0.4, -0.2) is 39.9 Å². The Bertz CT molecular complexity index is 452. The van der Waals surface area contributed by atoms with E-state index in [9.17, 15) is 9.90 Å². The van der Waals surface area contributed by atoms with Crippen molar-refractivity contribution in [3.8, 4) is 0 Å². The Labute approximate surface area is 118 Å². The minimum Gasteiger partial charge on any atom is -0.391 e. The van der Waals surface area contributed by atoms with E-state index in [4.69, 9.17) is 0 Å². The van der Waals surface area contributed by atoms with E-state index < -0.39 is 6.10 Å². The molecule has 1 atom stereocenters. The molecule has 0 aliphatic heterocycles. The van der Waals surface area contributed by atoms with E-state index >= 15 is 0 Å². The molecule has 0 fully saturated rings. The van der Waals surface area contributed by atoms with Crippen LogP contribution in [-0.2, 0) is 0 Å². The van der Waals surface area contributed by atoms with Crippen LogP contribution in [0.5, 0.6) is 0 Å². The third-order valence-electron chi connectivity index (χ3n) is 2.71. The van der Waals surface area contributed by atoms with Crippen LogP contribution in [0.2, 0.25) is 0 Å². The van der Waals surface area contributed by atoms with Gasteiger partial charge in [-0.25, -0.2) is 9.97 Å². The number of aryl methyl sites for hydroxylation is 2. The van der Waals surface area contributed by atoms with Crippen molar-refractivity contribution in [2.24, 2.45) is 0 Å². The predicted octanol–water partition coefficient (Wildman–Crippen LogP) is 1.71. The Morgan fingerprint density at radius 2 is 2.11 bits per heavy atom. The van der Waals surface area contributed by atoms with E-state index in [-0.39, 0.29) is 12.5 Å². The Morgan fingerprint density at radius 3 is 2.68 bits per heavy atom. The first-order valence-corrected chi connectivity index (χ1v) is 7.57. The van der Waals surface area contributed by atoms with Crippen LogP contribution >= 0.6 is 11.8 Å². The standard InChI is InChI=1S/C13H21N3O2S/c1-5-6-10(17)7-14-12(18)11-8(2)15-9(3)16-13(11)19-4/h10,17H,5-7H2,1-4H3,(H,14,18). The molecule has 0 radical (unpaired) electrons. The third-order valence-corrected chi connectivity index (χ3v) is 3.39. The summed E-state index contributed by atoms with van der Waals surface area (Å²) in [4.78, 5) is 20.6. The smallest absolute Gasteiger partial charge is 0.255 e. The van der Waals surface area contributed by atoms with Gasteiger partial charge in [-0.1, -0.05) is 13.3 Å². The van der Waals surface area contributed by atoms with Crippen LogP contribution in [0.3, 0.4) is 0 Å². The zero-order chi connectivity index (χ0) is 14.4. The zero-order valence-electron chi connectivity index (χ0n) is 11.9. The number of amides is 1. The third kappa shape index (κ3) is 4.47. The Morgan fingerprint density at radius 1 is 1.42 bits per heavy atom. The molecular formula is C13H21N3O2S. The van der Waals surface area contributed by atoms with Gasteiger partial charge in [-0.05, 0) is 26.5 Å². The highest BCUT2D eigenvalue weighted by Gasteiger charge is 2.17. The van der Waals surface area contributed by atoms with Crippen molar-refractivity contribution in [1.82, 2.24) is 15.3 Å². The number of aliphatic hydroxyl groups is 1. The molecule has 2 N–H and O–H groups in total. The normalized spacial score (nSPS) is 12.3. The van der Waals surface area contributed by atoms with Crippen LogP contribution in [0.1, 0.15) is 41.6 Å². The van der Waals surface area contributed by atoms with E-state index in [0.717, 1.165) is 6.42 Å². The molecule has 19 heavy (non-hydrogen) atoms. The van der Waals surface area contributed by atoms with Crippen LogP contribution in [0, 0.1) is 13.8 Å². The summed E-state index contributed by atoms with van der Waals surface area (Å²) in [6, 6.07) is 0. The second kappa shape index (κ2) is 7.45. The molecule has 1 aromatic heterocycles. The van der Waals surface area contributed by atoms with Crippen molar-refractivity contribution in [3.05, 3.63) is 17.1 Å². The average molecular weight is 283 g/mol. The molecule has 1 unspecified atom stereocenters. The predicted molar refractivity (Wildman–Crippen MR) is 76.5 cm³/mol. The number of rotatable bonds is 6. The number of aliphatic hydroxyl groups excluding tert-OH is 1. The largest absolute Gasteiger partial charge is 0.391 e. The molecular weight excluding hydrogens is 262 g/mol. The summed E-state index contributed by atoms with van der Waals surface area (Å²) >= 11 is 1.42. The van der Waals surface area contributed by atoms with E-state index in [1.165, 1.54) is 11.8 Å². The molecule has 1 aromatic rings. The van der Waals surface area contributed by atoms with Crippen LogP contribution in [0.4, 0.5) is 0 Å². The lowest BCUT2D eigenvalue weighted by Gasteiger charge is -2.13. The van der Waals surface area contributed by atoms with Gasteiger partial charge in [-0.3, -0.25) is 4.79 Å². The van der Waals surface area contributed by atoms with Crippen LogP contribution < -0.4 is 5.32 Å². The molecule has 0 aromatic carbocycles. The van der Waals surface area contributed by atoms with Gasteiger partial charge in [0, 0.05) is 6.54 Å². The second-order valence-corrected chi connectivity index (χ2v) is 5.19. The van der Waals surface area contributed by atoms with Crippen molar-refractivity contribution in [2.75, 3.05) is 12.8 Å². The molecule has 0 saturated carbocycles. The van der Waals surface area contributed by atoms with Gasteiger partial charge < -0.3 is 10.4 Å². The quantitative estimate of drug-likeness (QED) is 0.614. The highest BCUT2D eigenvalue weighted by Crippen LogP contribution is 2.20. The van der Waals surface area contributed by atoms with E-state index in [0.29, 0.717) is 28.5 Å². The Hall–Kier alpha value is -1.14. The van der Waals surface area contributed by atoms with Crippen LogP contribution in [0.25, 0.3) is 0 Å². The molecule has 0 aliphatic rings. The number of carbonyl (C=O) groups is 1. The van der Waals surface area contributed by atoms with Crippen molar-refractivity contribution in [2.45, 2.75) is 44.7 Å². The van der Waals surface area contributed by atoms with Gasteiger partial charge in [-0.2, -0.15) is 0 Å². The molecule has 1 heterocycles. The molecule has 0 aliphatic carbocycles. The maximum Gasteiger partial charge on any atom is 0.255 e. The topological polar surface area (TPSA) is 75.1 Å². The first-order chi connectivity index (χ1) is 8.99. The molecule has 0 saturated heterocycles. The summed E-state index contributed by atoms with van der Waals surface area (Å²) < 4.78 is 0. The lowest BCUT2D eigenvalue weighted by Crippen LogP contribution is -2.33. The van der Waals surface area contributed by atoms with Gasteiger partial charge in [0.2, 0.25) is 0 Å². The number of hydrogen-bond donors (Lipinski definition) is 2. The highest BCUT2D eigenvalue weighted by atomic mass is 32.2. The number of thioether (sulfide) groups is 1. The molecule has 5 nitrogen and oxygen atoms in total. The molecule has 1 rings (SSSR count). The number of aromatic nitrogens is 2. The second-order valence-electron chi connectivity index (χ2n) is 4.39. The zero-order valence-corrected chi connectivity index (χ0v) is 12.7. The van der Waals surface area contributed by atoms with Gasteiger partial charge in [0.25, 0.3) is 5.91 Å². The fraction of sp³-hybridized carbons (Fsp3) is 0.615. The summed E-state index contributed by atoms with van der Waals surface area (Å²) in [5.41, 5.74) is 1.17. The fourth-order valence-corrected chi connectivity index (χ4v) is 2.49. The first kappa shape index (κ1) is 15.9. The average Bonchev–Trinajstić information content (AvgIpc) is 2.35. The first-order valence-electron chi connectivity index (χ1n) is 6.35. The van der Waals surface area contributed by atoms with Crippen molar-refractivity contribution in [3.63, 3.8) is 0 Å². The fourth-order valence-electron chi connectivity index (χ4n) is 1.82. The van der Waals surface area contributed by atoms with Crippen molar-refractivity contribution < 1.29 is 9.90 Å². The summed E-state index contributed by atoms with van der Waals surface area (Å²) in [6.45, 7) is 5.85. The number of nitrogens with one attached hydrogen (secondary N) is 1. The molecule has 6 heteroatoms. The minimum atomic E-state index is -0.502.